The van der Waals surface area contributed by atoms with Gasteiger partial charge in [0.05, 0.1) is 5.97 Å². The summed E-state index contributed by atoms with van der Waals surface area (Å²) in [5.74, 6) is -1.33. The van der Waals surface area contributed by atoms with Gasteiger partial charge in [-0.05, 0) is 12.5 Å². The van der Waals surface area contributed by atoms with Crippen molar-refractivity contribution in [1.29, 1.82) is 0 Å². The number of aromatic carboxylic acids is 1. The molecule has 0 spiro atoms. The molecule has 2 aromatic rings. The first kappa shape index (κ1) is 12.9. The fourth-order valence-electron chi connectivity index (χ4n) is 1.40. The number of aryl methyl sites for hydroxylation is 1. The van der Waals surface area contributed by atoms with Crippen molar-refractivity contribution in [3.8, 4) is 11.3 Å². The average molecular weight is 225 g/mol. The molecule has 1 heterocycles. The summed E-state index contributed by atoms with van der Waals surface area (Å²) in [5.41, 5.74) is 1.83. The summed E-state index contributed by atoms with van der Waals surface area (Å²) in [4.78, 5) is 10.7. The van der Waals surface area contributed by atoms with Crippen LogP contribution < -0.4 is 34.7 Å². The van der Waals surface area contributed by atoms with Crippen LogP contribution in [0, 0.1) is 6.92 Å². The van der Waals surface area contributed by atoms with Crippen LogP contribution in [0.5, 0.6) is 0 Å². The molecule has 0 atom stereocenters. The van der Waals surface area contributed by atoms with E-state index in [1.807, 2.05) is 25.1 Å². The smallest absolute Gasteiger partial charge is 0.543 e. The van der Waals surface area contributed by atoms with Crippen molar-refractivity contribution in [1.82, 2.24) is 15.4 Å². The second kappa shape index (κ2) is 5.25. The summed E-state index contributed by atoms with van der Waals surface area (Å²) in [6.07, 6.45) is 0. The quantitative estimate of drug-likeness (QED) is 0.558. The van der Waals surface area contributed by atoms with Crippen LogP contribution in [-0.2, 0) is 0 Å². The summed E-state index contributed by atoms with van der Waals surface area (Å²) in [5, 5.41) is 20.4. The standard InChI is InChI=1S/C10H9N3O2.Na/c1-6-4-2-3-5-7(6)8-9(10(14)15)12-13-11-8;/h2-5H,1H3,(H,14,15)(H,11,12,13);/q;+1/p-1. The fourth-order valence-corrected chi connectivity index (χ4v) is 1.40. The van der Waals surface area contributed by atoms with Gasteiger partial charge in [-0.1, -0.05) is 24.3 Å². The summed E-state index contributed by atoms with van der Waals surface area (Å²) < 4.78 is 0. The van der Waals surface area contributed by atoms with E-state index in [0.717, 1.165) is 11.1 Å². The number of carboxylic acid groups (broad SMARTS) is 1. The van der Waals surface area contributed by atoms with Gasteiger partial charge >= 0.3 is 29.6 Å². The Labute approximate surface area is 114 Å². The molecular formula is C10H8N3NaO2. The molecule has 0 saturated carbocycles. The van der Waals surface area contributed by atoms with Gasteiger partial charge < -0.3 is 9.90 Å². The molecule has 16 heavy (non-hydrogen) atoms. The van der Waals surface area contributed by atoms with Gasteiger partial charge in [-0.2, -0.15) is 15.4 Å². The van der Waals surface area contributed by atoms with E-state index in [1.54, 1.807) is 6.07 Å². The molecule has 0 aliphatic heterocycles. The van der Waals surface area contributed by atoms with Crippen LogP contribution in [0.3, 0.4) is 0 Å². The number of H-pyrrole nitrogens is 1. The van der Waals surface area contributed by atoms with E-state index in [4.69, 9.17) is 0 Å². The van der Waals surface area contributed by atoms with E-state index < -0.39 is 5.97 Å². The third-order valence-corrected chi connectivity index (χ3v) is 2.14. The van der Waals surface area contributed by atoms with E-state index in [9.17, 15) is 9.90 Å². The zero-order valence-electron chi connectivity index (χ0n) is 9.02. The minimum atomic E-state index is -1.33. The van der Waals surface area contributed by atoms with Gasteiger partial charge in [-0.25, -0.2) is 0 Å². The number of hydrogen-bond acceptors (Lipinski definition) is 4. The summed E-state index contributed by atoms with van der Waals surface area (Å²) in [6, 6.07) is 7.36. The van der Waals surface area contributed by atoms with Gasteiger partial charge in [0, 0.05) is 5.56 Å². The maximum atomic E-state index is 10.7. The third-order valence-electron chi connectivity index (χ3n) is 2.14. The first-order chi connectivity index (χ1) is 7.20. The number of carbonyl (C=O) groups is 1. The van der Waals surface area contributed by atoms with Crippen LogP contribution >= 0.6 is 0 Å². The molecule has 1 N–H and O–H groups in total. The Morgan fingerprint density at radius 3 is 2.62 bits per heavy atom. The number of nitrogens with zero attached hydrogens (tertiary/aromatic N) is 2. The van der Waals surface area contributed by atoms with Crippen molar-refractivity contribution in [2.24, 2.45) is 0 Å². The fraction of sp³-hybridized carbons (Fsp3) is 0.100. The monoisotopic (exact) mass is 225 g/mol. The molecule has 0 bridgehead atoms. The Hall–Kier alpha value is -1.17. The van der Waals surface area contributed by atoms with Gasteiger partial charge in [-0.15, -0.1) is 0 Å². The second-order valence-electron chi connectivity index (χ2n) is 3.12. The van der Waals surface area contributed by atoms with Gasteiger partial charge in [0.25, 0.3) is 0 Å². The Morgan fingerprint density at radius 2 is 2.00 bits per heavy atom. The first-order valence-corrected chi connectivity index (χ1v) is 4.38. The second-order valence-corrected chi connectivity index (χ2v) is 3.12. The number of carboxylic acids is 1. The molecule has 5 nitrogen and oxygen atoms in total. The number of nitrogens with one attached hydrogen (secondary N) is 1. The van der Waals surface area contributed by atoms with E-state index in [-0.39, 0.29) is 35.3 Å². The zero-order chi connectivity index (χ0) is 10.8. The Bertz CT molecular complexity index is 510. The van der Waals surface area contributed by atoms with Crippen molar-refractivity contribution in [3.63, 3.8) is 0 Å². The van der Waals surface area contributed by atoms with Crippen LogP contribution in [0.4, 0.5) is 0 Å². The summed E-state index contributed by atoms with van der Waals surface area (Å²) in [6.45, 7) is 1.88. The minimum absolute atomic E-state index is 0. The largest absolute Gasteiger partial charge is 1.00 e. The Balaban J connectivity index is 0.00000128. The zero-order valence-corrected chi connectivity index (χ0v) is 11.0. The SMILES string of the molecule is Cc1ccccc1-c1n[nH]nc1C(=O)[O-].[Na+]. The Morgan fingerprint density at radius 1 is 1.31 bits per heavy atom. The number of benzene rings is 1. The molecule has 0 fully saturated rings. The van der Waals surface area contributed by atoms with Crippen LogP contribution in [-0.4, -0.2) is 21.4 Å². The summed E-state index contributed by atoms with van der Waals surface area (Å²) >= 11 is 0. The number of aromatic amines is 1. The molecule has 2 rings (SSSR count). The summed E-state index contributed by atoms with van der Waals surface area (Å²) in [7, 11) is 0. The topological polar surface area (TPSA) is 81.7 Å². The van der Waals surface area contributed by atoms with Gasteiger partial charge in [0.2, 0.25) is 0 Å². The van der Waals surface area contributed by atoms with Crippen LogP contribution in [0.1, 0.15) is 16.1 Å². The third kappa shape index (κ3) is 2.32. The molecule has 0 radical (unpaired) electrons. The van der Waals surface area contributed by atoms with Crippen molar-refractivity contribution in [3.05, 3.63) is 35.5 Å². The van der Waals surface area contributed by atoms with E-state index in [1.165, 1.54) is 0 Å². The minimum Gasteiger partial charge on any atom is -0.543 e. The number of carbonyl (C=O) groups excluding carboxylic acids is 1. The normalized spacial score (nSPS) is 9.56. The maximum Gasteiger partial charge on any atom is 1.00 e. The predicted molar refractivity (Wildman–Crippen MR) is 50.9 cm³/mol. The average Bonchev–Trinajstić information content (AvgIpc) is 2.67. The number of aromatic nitrogens is 3. The van der Waals surface area contributed by atoms with E-state index in [2.05, 4.69) is 15.4 Å². The number of rotatable bonds is 2. The molecule has 0 aliphatic rings. The molecule has 0 saturated heterocycles. The van der Waals surface area contributed by atoms with E-state index in [0.29, 0.717) is 5.69 Å². The predicted octanol–water partition coefficient (Wildman–Crippen LogP) is -2.85. The molecular weight excluding hydrogens is 217 g/mol. The van der Waals surface area contributed by atoms with Crippen LogP contribution in [0.15, 0.2) is 24.3 Å². The van der Waals surface area contributed by atoms with Crippen molar-refractivity contribution >= 4 is 5.97 Å². The van der Waals surface area contributed by atoms with Gasteiger partial charge in [0.1, 0.15) is 11.4 Å². The van der Waals surface area contributed by atoms with Crippen LogP contribution in [0.25, 0.3) is 11.3 Å². The molecule has 1 aromatic heterocycles. The molecule has 0 unspecified atom stereocenters. The van der Waals surface area contributed by atoms with Gasteiger partial charge in [-0.3, -0.25) is 0 Å². The van der Waals surface area contributed by atoms with Crippen molar-refractivity contribution in [2.75, 3.05) is 0 Å². The molecule has 1 aromatic carbocycles. The molecule has 0 amide bonds. The molecule has 6 heteroatoms. The first-order valence-electron chi connectivity index (χ1n) is 4.38. The Kier molecular flexibility index (Phi) is 4.23. The molecule has 76 valence electrons. The van der Waals surface area contributed by atoms with Crippen LogP contribution in [0.2, 0.25) is 0 Å². The van der Waals surface area contributed by atoms with Crippen molar-refractivity contribution < 1.29 is 39.5 Å². The van der Waals surface area contributed by atoms with Crippen molar-refractivity contribution in [2.45, 2.75) is 6.92 Å². The number of hydrogen-bond donors (Lipinski definition) is 1. The van der Waals surface area contributed by atoms with E-state index >= 15 is 0 Å². The maximum absolute atomic E-state index is 10.7. The van der Waals surface area contributed by atoms with Gasteiger partial charge in [0.15, 0.2) is 0 Å². The molecule has 0 aliphatic carbocycles.